The van der Waals surface area contributed by atoms with Crippen LogP contribution in [0.15, 0.2) is 65.4 Å². The van der Waals surface area contributed by atoms with Gasteiger partial charge in [0, 0.05) is 16.2 Å². The topological polar surface area (TPSA) is 76.1 Å². The lowest BCUT2D eigenvalue weighted by atomic mass is 10.2. The van der Waals surface area contributed by atoms with E-state index in [1.807, 2.05) is 36.4 Å². The standard InChI is InChI=1S/C18H15BrN4O2/c1-25-16-5-3-2-4-14(16)23-17-10-15(20-11-21-17)18(24)22-13-8-6-12(19)7-9-13/h2-11H,1H3,(H,22,24)(H,20,21,23). The van der Waals surface area contributed by atoms with Crippen LogP contribution in [0.25, 0.3) is 0 Å². The summed E-state index contributed by atoms with van der Waals surface area (Å²) in [5, 5.41) is 5.92. The Labute approximate surface area is 153 Å². The number of rotatable bonds is 5. The summed E-state index contributed by atoms with van der Waals surface area (Å²) in [7, 11) is 1.59. The highest BCUT2D eigenvalue weighted by Gasteiger charge is 2.10. The van der Waals surface area contributed by atoms with E-state index in [1.54, 1.807) is 25.3 Å². The lowest BCUT2D eigenvalue weighted by molar-refractivity contribution is 0.102. The van der Waals surface area contributed by atoms with E-state index < -0.39 is 0 Å². The van der Waals surface area contributed by atoms with Crippen LogP contribution in [0.4, 0.5) is 17.2 Å². The fraction of sp³-hybridized carbons (Fsp3) is 0.0556. The summed E-state index contributed by atoms with van der Waals surface area (Å²) < 4.78 is 6.24. The molecule has 0 saturated carbocycles. The van der Waals surface area contributed by atoms with Crippen molar-refractivity contribution in [2.24, 2.45) is 0 Å². The largest absolute Gasteiger partial charge is 0.495 e. The number of nitrogens with one attached hydrogen (secondary N) is 2. The van der Waals surface area contributed by atoms with Crippen molar-refractivity contribution in [3.8, 4) is 5.75 Å². The number of aromatic nitrogens is 2. The third-order valence-corrected chi connectivity index (χ3v) is 3.90. The van der Waals surface area contributed by atoms with Gasteiger partial charge in [0.15, 0.2) is 0 Å². The summed E-state index contributed by atoms with van der Waals surface area (Å²) in [5.41, 5.74) is 1.70. The first-order valence-electron chi connectivity index (χ1n) is 7.45. The molecule has 0 bridgehead atoms. The number of hydrogen-bond donors (Lipinski definition) is 2. The number of ether oxygens (including phenoxy) is 1. The Morgan fingerprint density at radius 1 is 1.08 bits per heavy atom. The van der Waals surface area contributed by atoms with Crippen LogP contribution in [0.5, 0.6) is 5.75 Å². The number of anilines is 3. The molecule has 2 N–H and O–H groups in total. The van der Waals surface area contributed by atoms with Gasteiger partial charge in [-0.25, -0.2) is 9.97 Å². The number of carbonyl (C=O) groups excluding carboxylic acids is 1. The van der Waals surface area contributed by atoms with Crippen molar-refractivity contribution in [1.82, 2.24) is 9.97 Å². The second kappa shape index (κ2) is 7.76. The van der Waals surface area contributed by atoms with Gasteiger partial charge >= 0.3 is 0 Å². The zero-order valence-corrected chi connectivity index (χ0v) is 14.9. The molecular formula is C18H15BrN4O2. The maximum absolute atomic E-state index is 12.4. The second-order valence-corrected chi connectivity index (χ2v) is 5.99. The molecule has 25 heavy (non-hydrogen) atoms. The zero-order valence-electron chi connectivity index (χ0n) is 13.4. The number of methoxy groups -OCH3 is 1. The summed E-state index contributed by atoms with van der Waals surface area (Å²) in [6.45, 7) is 0. The molecule has 0 aliphatic carbocycles. The molecule has 0 saturated heterocycles. The number of carbonyl (C=O) groups is 1. The monoisotopic (exact) mass is 398 g/mol. The number of nitrogens with zero attached hydrogens (tertiary/aromatic N) is 2. The average Bonchev–Trinajstić information content (AvgIpc) is 2.64. The van der Waals surface area contributed by atoms with Crippen LogP contribution in [0.3, 0.4) is 0 Å². The van der Waals surface area contributed by atoms with E-state index in [1.165, 1.54) is 6.33 Å². The SMILES string of the molecule is COc1ccccc1Nc1cc(C(=O)Nc2ccc(Br)cc2)ncn1. The molecule has 0 fully saturated rings. The minimum absolute atomic E-state index is 0.260. The third-order valence-electron chi connectivity index (χ3n) is 3.37. The van der Waals surface area contributed by atoms with E-state index >= 15 is 0 Å². The Balaban J connectivity index is 1.76. The zero-order chi connectivity index (χ0) is 17.6. The van der Waals surface area contributed by atoms with Gasteiger partial charge in [0.2, 0.25) is 0 Å². The molecule has 0 unspecified atom stereocenters. The van der Waals surface area contributed by atoms with Crippen LogP contribution >= 0.6 is 15.9 Å². The van der Waals surface area contributed by atoms with Gasteiger partial charge in [0.05, 0.1) is 12.8 Å². The summed E-state index contributed by atoms with van der Waals surface area (Å²) >= 11 is 3.36. The van der Waals surface area contributed by atoms with Crippen molar-refractivity contribution >= 4 is 39.0 Å². The molecule has 7 heteroatoms. The van der Waals surface area contributed by atoms with Crippen LogP contribution in [0, 0.1) is 0 Å². The van der Waals surface area contributed by atoms with Crippen molar-refractivity contribution in [2.75, 3.05) is 17.7 Å². The van der Waals surface area contributed by atoms with E-state index in [-0.39, 0.29) is 11.6 Å². The van der Waals surface area contributed by atoms with Crippen molar-refractivity contribution in [3.63, 3.8) is 0 Å². The fourth-order valence-electron chi connectivity index (χ4n) is 2.16. The van der Waals surface area contributed by atoms with Crippen LogP contribution in [0.1, 0.15) is 10.5 Å². The van der Waals surface area contributed by atoms with Gasteiger partial charge in [-0.15, -0.1) is 0 Å². The molecule has 6 nitrogen and oxygen atoms in total. The van der Waals surface area contributed by atoms with Gasteiger partial charge < -0.3 is 15.4 Å². The van der Waals surface area contributed by atoms with Crippen LogP contribution in [0.2, 0.25) is 0 Å². The average molecular weight is 399 g/mol. The Kier molecular flexibility index (Phi) is 5.25. The lowest BCUT2D eigenvalue weighted by Crippen LogP contribution is -2.14. The first-order chi connectivity index (χ1) is 12.2. The predicted octanol–water partition coefficient (Wildman–Crippen LogP) is 4.24. The Hall–Kier alpha value is -2.93. The molecule has 0 atom stereocenters. The van der Waals surface area contributed by atoms with E-state index in [9.17, 15) is 4.79 Å². The molecule has 2 aromatic carbocycles. The van der Waals surface area contributed by atoms with Gasteiger partial charge in [-0.3, -0.25) is 4.79 Å². The van der Waals surface area contributed by atoms with Gasteiger partial charge in [-0.1, -0.05) is 28.1 Å². The second-order valence-electron chi connectivity index (χ2n) is 5.07. The van der Waals surface area contributed by atoms with Crippen molar-refractivity contribution in [3.05, 3.63) is 71.1 Å². The summed E-state index contributed by atoms with van der Waals surface area (Å²) in [4.78, 5) is 20.5. The smallest absolute Gasteiger partial charge is 0.274 e. The Morgan fingerprint density at radius 2 is 1.84 bits per heavy atom. The molecule has 0 spiro atoms. The maximum atomic E-state index is 12.4. The van der Waals surface area contributed by atoms with E-state index in [0.717, 1.165) is 10.2 Å². The molecule has 1 amide bonds. The van der Waals surface area contributed by atoms with Gasteiger partial charge in [0.25, 0.3) is 5.91 Å². The van der Waals surface area contributed by atoms with Crippen LogP contribution in [-0.2, 0) is 0 Å². The minimum atomic E-state index is -0.312. The number of hydrogen-bond acceptors (Lipinski definition) is 5. The number of amides is 1. The quantitative estimate of drug-likeness (QED) is 0.671. The van der Waals surface area contributed by atoms with Crippen LogP contribution < -0.4 is 15.4 Å². The highest BCUT2D eigenvalue weighted by molar-refractivity contribution is 9.10. The molecule has 0 aliphatic rings. The molecule has 3 rings (SSSR count). The molecule has 1 aromatic heterocycles. The molecule has 3 aromatic rings. The van der Waals surface area contributed by atoms with E-state index in [2.05, 4.69) is 36.5 Å². The molecular weight excluding hydrogens is 384 g/mol. The summed E-state index contributed by atoms with van der Waals surface area (Å²) in [5.74, 6) is 0.871. The summed E-state index contributed by atoms with van der Waals surface area (Å²) in [6, 6.07) is 16.4. The summed E-state index contributed by atoms with van der Waals surface area (Å²) in [6.07, 6.45) is 1.34. The molecule has 0 radical (unpaired) electrons. The Bertz CT molecular complexity index is 884. The Morgan fingerprint density at radius 3 is 2.60 bits per heavy atom. The van der Waals surface area contributed by atoms with Crippen LogP contribution in [-0.4, -0.2) is 23.0 Å². The highest BCUT2D eigenvalue weighted by atomic mass is 79.9. The molecule has 1 heterocycles. The molecule has 126 valence electrons. The molecule has 0 aliphatic heterocycles. The van der Waals surface area contributed by atoms with Gasteiger partial charge in [0.1, 0.15) is 23.6 Å². The first kappa shape index (κ1) is 16.9. The normalized spacial score (nSPS) is 10.2. The van der Waals surface area contributed by atoms with Crippen molar-refractivity contribution < 1.29 is 9.53 Å². The first-order valence-corrected chi connectivity index (χ1v) is 8.24. The maximum Gasteiger partial charge on any atom is 0.274 e. The van der Waals surface area contributed by atoms with Crippen molar-refractivity contribution in [2.45, 2.75) is 0 Å². The lowest BCUT2D eigenvalue weighted by Gasteiger charge is -2.11. The van der Waals surface area contributed by atoms with Gasteiger partial charge in [-0.05, 0) is 36.4 Å². The fourth-order valence-corrected chi connectivity index (χ4v) is 2.43. The number of benzene rings is 2. The number of para-hydroxylation sites is 2. The highest BCUT2D eigenvalue weighted by Crippen LogP contribution is 2.26. The number of halogens is 1. The minimum Gasteiger partial charge on any atom is -0.495 e. The van der Waals surface area contributed by atoms with Crippen molar-refractivity contribution in [1.29, 1.82) is 0 Å². The van der Waals surface area contributed by atoms with E-state index in [4.69, 9.17) is 4.74 Å². The van der Waals surface area contributed by atoms with E-state index in [0.29, 0.717) is 17.3 Å². The predicted molar refractivity (Wildman–Crippen MR) is 100 cm³/mol. The third kappa shape index (κ3) is 4.33. The van der Waals surface area contributed by atoms with Gasteiger partial charge in [-0.2, -0.15) is 0 Å².